The van der Waals surface area contributed by atoms with Crippen molar-refractivity contribution in [2.45, 2.75) is 31.1 Å². The molecule has 2 atom stereocenters. The third-order valence-electron chi connectivity index (χ3n) is 5.22. The summed E-state index contributed by atoms with van der Waals surface area (Å²) in [5, 5.41) is 24.3. The van der Waals surface area contributed by atoms with Gasteiger partial charge in [-0.25, -0.2) is 0 Å². The molecule has 2 aromatic rings. The van der Waals surface area contributed by atoms with Crippen LogP contribution in [0.2, 0.25) is 0 Å². The van der Waals surface area contributed by atoms with E-state index in [0.29, 0.717) is 19.4 Å². The molecule has 1 heterocycles. The molecule has 1 aliphatic heterocycles. The van der Waals surface area contributed by atoms with Crippen molar-refractivity contribution in [1.29, 1.82) is 0 Å². The van der Waals surface area contributed by atoms with Gasteiger partial charge in [0.2, 0.25) is 5.91 Å². The molecule has 1 fully saturated rings. The Morgan fingerprint density at radius 2 is 1.89 bits per heavy atom. The third kappa shape index (κ3) is 5.10. The Hall–Kier alpha value is -2.41. The van der Waals surface area contributed by atoms with Crippen LogP contribution in [0.3, 0.4) is 0 Å². The Kier molecular flexibility index (Phi) is 6.67. The molecule has 0 spiro atoms. The van der Waals surface area contributed by atoms with Gasteiger partial charge in [0.1, 0.15) is 17.5 Å². The first kappa shape index (κ1) is 20.3. The number of likely N-dealkylation sites (tertiary alicyclic amines) is 1. The van der Waals surface area contributed by atoms with Crippen molar-refractivity contribution in [3.8, 4) is 5.75 Å². The molecule has 6 heteroatoms. The summed E-state index contributed by atoms with van der Waals surface area (Å²) in [6, 6.07) is 17.5. The largest absolute Gasteiger partial charge is 0.497 e. The molecule has 0 unspecified atom stereocenters. The van der Waals surface area contributed by atoms with Crippen molar-refractivity contribution in [1.82, 2.24) is 10.2 Å². The highest BCUT2D eigenvalue weighted by molar-refractivity contribution is 5.77. The molecule has 6 nitrogen and oxygen atoms in total. The van der Waals surface area contributed by atoms with E-state index in [1.165, 1.54) is 0 Å². The summed E-state index contributed by atoms with van der Waals surface area (Å²) in [7, 11) is 1.62. The first-order valence-corrected chi connectivity index (χ1v) is 9.56. The molecule has 3 N–H and O–H groups in total. The summed E-state index contributed by atoms with van der Waals surface area (Å²) < 4.78 is 5.14. The topological polar surface area (TPSA) is 82.0 Å². The minimum absolute atomic E-state index is 0.0472. The van der Waals surface area contributed by atoms with Crippen molar-refractivity contribution in [2.24, 2.45) is 0 Å². The molecule has 3 rings (SSSR count). The smallest absolute Gasteiger partial charge is 0.223 e. The predicted octanol–water partition coefficient (Wildman–Crippen LogP) is 1.35. The molecular weight excluding hydrogens is 356 g/mol. The van der Waals surface area contributed by atoms with Crippen LogP contribution in [0.4, 0.5) is 0 Å². The molecule has 150 valence electrons. The lowest BCUT2D eigenvalue weighted by molar-refractivity contribution is -0.131. The average Bonchev–Trinajstić information content (AvgIpc) is 3.02. The number of nitrogens with one attached hydrogen (secondary N) is 1. The Morgan fingerprint density at radius 1 is 1.18 bits per heavy atom. The number of hydrogen-bond donors (Lipinski definition) is 3. The number of rotatable bonds is 8. The maximum absolute atomic E-state index is 12.5. The highest BCUT2D eigenvalue weighted by atomic mass is 16.5. The Bertz CT molecular complexity index is 766. The maximum Gasteiger partial charge on any atom is 0.223 e. The van der Waals surface area contributed by atoms with Crippen LogP contribution in [-0.4, -0.2) is 59.5 Å². The summed E-state index contributed by atoms with van der Waals surface area (Å²) in [5.74, 6) is 0.743. The lowest BCUT2D eigenvalue weighted by atomic mass is 10.0. The van der Waals surface area contributed by atoms with Crippen LogP contribution in [-0.2, 0) is 17.8 Å². The van der Waals surface area contributed by atoms with E-state index in [1.54, 1.807) is 12.0 Å². The van der Waals surface area contributed by atoms with Crippen molar-refractivity contribution >= 4 is 5.91 Å². The lowest BCUT2D eigenvalue weighted by Gasteiger charge is -2.26. The number of aryl methyl sites for hydroxylation is 1. The fourth-order valence-electron chi connectivity index (χ4n) is 3.46. The van der Waals surface area contributed by atoms with E-state index in [4.69, 9.17) is 4.74 Å². The average molecular weight is 384 g/mol. The Labute approximate surface area is 165 Å². The highest BCUT2D eigenvalue weighted by Gasteiger charge is 2.45. The van der Waals surface area contributed by atoms with Crippen LogP contribution in [0, 0.1) is 0 Å². The number of methoxy groups -OCH3 is 1. The first-order valence-electron chi connectivity index (χ1n) is 9.56. The number of nitrogens with zero attached hydrogens (tertiary/aromatic N) is 1. The molecule has 0 bridgehead atoms. The van der Waals surface area contributed by atoms with Crippen molar-refractivity contribution in [3.05, 3.63) is 65.7 Å². The van der Waals surface area contributed by atoms with E-state index in [9.17, 15) is 15.0 Å². The minimum atomic E-state index is -1.34. The second kappa shape index (κ2) is 9.19. The van der Waals surface area contributed by atoms with Gasteiger partial charge in [-0.1, -0.05) is 42.5 Å². The van der Waals surface area contributed by atoms with Crippen molar-refractivity contribution in [3.63, 3.8) is 0 Å². The molecule has 0 saturated carbocycles. The van der Waals surface area contributed by atoms with Crippen LogP contribution >= 0.6 is 0 Å². The van der Waals surface area contributed by atoms with Gasteiger partial charge < -0.3 is 25.2 Å². The van der Waals surface area contributed by atoms with Crippen LogP contribution in [0.15, 0.2) is 54.6 Å². The number of carbonyl (C=O) groups excluding carboxylic acids is 1. The fraction of sp³-hybridized carbons (Fsp3) is 0.409. The zero-order valence-electron chi connectivity index (χ0n) is 16.2. The number of aliphatic hydroxyl groups excluding tert-OH is 1. The molecule has 0 radical (unpaired) electrons. The third-order valence-corrected chi connectivity index (χ3v) is 5.22. The van der Waals surface area contributed by atoms with E-state index in [0.717, 1.165) is 16.9 Å². The molecular formula is C22H28N2O4. The van der Waals surface area contributed by atoms with Gasteiger partial charge in [-0.3, -0.25) is 4.79 Å². The molecule has 1 saturated heterocycles. The quantitative estimate of drug-likeness (QED) is 0.640. The van der Waals surface area contributed by atoms with Gasteiger partial charge in [0.25, 0.3) is 0 Å². The second-order valence-corrected chi connectivity index (χ2v) is 7.33. The van der Waals surface area contributed by atoms with E-state index in [1.807, 2.05) is 54.6 Å². The van der Waals surface area contributed by atoms with Crippen LogP contribution in [0.1, 0.15) is 17.5 Å². The molecule has 2 aromatic carbocycles. The SMILES string of the molecule is COc1ccc(CNC[C@]2(O)CN(C(=O)CCc3ccccc3)C[C@H]2O)cc1. The van der Waals surface area contributed by atoms with Crippen molar-refractivity contribution in [2.75, 3.05) is 26.7 Å². The zero-order valence-corrected chi connectivity index (χ0v) is 16.2. The van der Waals surface area contributed by atoms with Gasteiger partial charge in [0.05, 0.1) is 13.7 Å². The standard InChI is InChI=1S/C22H28N2O4/c1-28-19-10-7-18(8-11-19)13-23-15-22(27)16-24(14-20(22)25)21(26)12-9-17-5-3-2-4-6-17/h2-8,10-11,20,23,25,27H,9,12-16H2,1H3/t20-,22+/m1/s1. The molecule has 0 aliphatic carbocycles. The molecule has 28 heavy (non-hydrogen) atoms. The summed E-state index contributed by atoms with van der Waals surface area (Å²) in [4.78, 5) is 14.0. The van der Waals surface area contributed by atoms with E-state index >= 15 is 0 Å². The number of carbonyl (C=O) groups is 1. The first-order chi connectivity index (χ1) is 13.5. The number of benzene rings is 2. The summed E-state index contributed by atoms with van der Waals surface area (Å²) >= 11 is 0. The van der Waals surface area contributed by atoms with Gasteiger partial charge in [-0.15, -0.1) is 0 Å². The van der Waals surface area contributed by atoms with Crippen LogP contribution in [0.5, 0.6) is 5.75 Å². The summed E-state index contributed by atoms with van der Waals surface area (Å²) in [5.41, 5.74) is 0.814. The summed E-state index contributed by atoms with van der Waals surface area (Å²) in [6.07, 6.45) is 0.0588. The summed E-state index contributed by atoms with van der Waals surface area (Å²) in [6.45, 7) is 1.06. The second-order valence-electron chi connectivity index (χ2n) is 7.33. The van der Waals surface area contributed by atoms with E-state index in [2.05, 4.69) is 5.32 Å². The minimum Gasteiger partial charge on any atom is -0.497 e. The fourth-order valence-corrected chi connectivity index (χ4v) is 3.46. The van der Waals surface area contributed by atoms with Crippen LogP contribution in [0.25, 0.3) is 0 Å². The Balaban J connectivity index is 1.47. The van der Waals surface area contributed by atoms with E-state index in [-0.39, 0.29) is 25.5 Å². The molecule has 0 aromatic heterocycles. The lowest BCUT2D eigenvalue weighted by Crippen LogP contribution is -2.50. The van der Waals surface area contributed by atoms with Gasteiger partial charge in [-0.05, 0) is 29.7 Å². The van der Waals surface area contributed by atoms with E-state index < -0.39 is 11.7 Å². The van der Waals surface area contributed by atoms with Crippen LogP contribution < -0.4 is 10.1 Å². The Morgan fingerprint density at radius 3 is 2.57 bits per heavy atom. The van der Waals surface area contributed by atoms with Gasteiger partial charge >= 0.3 is 0 Å². The monoisotopic (exact) mass is 384 g/mol. The van der Waals surface area contributed by atoms with Gasteiger partial charge in [0.15, 0.2) is 0 Å². The van der Waals surface area contributed by atoms with Gasteiger partial charge in [0, 0.05) is 26.1 Å². The number of amides is 1. The zero-order chi connectivity index (χ0) is 20.0. The number of hydrogen-bond acceptors (Lipinski definition) is 5. The van der Waals surface area contributed by atoms with Crippen molar-refractivity contribution < 1.29 is 19.7 Å². The predicted molar refractivity (Wildman–Crippen MR) is 107 cm³/mol. The normalized spacial score (nSPS) is 21.7. The number of aliphatic hydroxyl groups is 2. The number of ether oxygens (including phenoxy) is 1. The maximum atomic E-state index is 12.5. The molecule has 1 aliphatic rings. The van der Waals surface area contributed by atoms with Gasteiger partial charge in [-0.2, -0.15) is 0 Å². The highest BCUT2D eigenvalue weighted by Crippen LogP contribution is 2.23. The number of β-amino-alcohol motifs (C(OH)–C–C–N with tert-alkyl or cyclic N) is 2. The molecule has 1 amide bonds.